The topological polar surface area (TPSA) is 0 Å². The third-order valence-corrected chi connectivity index (χ3v) is 0. The third kappa shape index (κ3) is 82700. The largest absolute Gasteiger partial charge is 2.00 e. The molecule has 0 aliphatic heterocycles. The second-order valence-corrected chi connectivity index (χ2v) is 0.990. The van der Waals surface area contributed by atoms with E-state index in [1.54, 1.807) is 0 Å². The van der Waals surface area contributed by atoms with Gasteiger partial charge < -0.3 is 34.5 Å². The fourth-order valence-electron chi connectivity index (χ4n) is 0. The van der Waals surface area contributed by atoms with Gasteiger partial charge in [-0.1, -0.05) is 0 Å². The Balaban J connectivity index is -0.000000107. The number of halogens is 8. The van der Waals surface area contributed by atoms with E-state index < -0.39 is 14.5 Å². The molecule has 0 amide bonds. The molecule has 0 saturated heterocycles. The van der Waals surface area contributed by atoms with Crippen LogP contribution in [0.15, 0.2) is 0 Å². The van der Waals surface area contributed by atoms with E-state index in [-0.39, 0.29) is 17.1 Å². The molecule has 70 valence electrons. The molecule has 0 aliphatic rings. The van der Waals surface area contributed by atoms with Crippen LogP contribution >= 0.6 is 0 Å². The summed E-state index contributed by atoms with van der Waals surface area (Å²) in [4.78, 5) is 0. The molecule has 0 radical (unpaired) electrons. The van der Waals surface area contributed by atoms with Crippen molar-refractivity contribution in [3.05, 3.63) is 0 Å². The second kappa shape index (κ2) is 5.70. The molecule has 0 atom stereocenters. The Morgan fingerprint density at radius 2 is 0.455 bits per heavy atom. The Bertz CT molecular complexity index is 55.1. The molecule has 11 heavy (non-hydrogen) atoms. The van der Waals surface area contributed by atoms with E-state index in [0.717, 1.165) is 0 Å². The van der Waals surface area contributed by atoms with Crippen LogP contribution in [-0.4, -0.2) is 14.5 Å². The third-order valence-electron chi connectivity index (χ3n) is 0. The van der Waals surface area contributed by atoms with Crippen molar-refractivity contribution in [3.63, 3.8) is 0 Å². The number of hydrogen-bond donors (Lipinski definition) is 0. The van der Waals surface area contributed by atoms with Gasteiger partial charge in [-0.05, 0) is 0 Å². The molecular weight excluding hydrogens is 229 g/mol. The van der Waals surface area contributed by atoms with E-state index in [2.05, 4.69) is 0 Å². The van der Waals surface area contributed by atoms with Crippen LogP contribution in [0.25, 0.3) is 0 Å². The zero-order valence-corrected chi connectivity index (χ0v) is 5.64. The fraction of sp³-hybridized carbons (Fsp3) is 0. The van der Waals surface area contributed by atoms with E-state index in [1.807, 2.05) is 0 Å². The number of rotatable bonds is 0. The molecule has 0 aromatic heterocycles. The maximum Gasteiger partial charge on any atom is 2.00 e. The summed E-state index contributed by atoms with van der Waals surface area (Å²) in [5.74, 6) is 0. The Morgan fingerprint density at radius 1 is 0.455 bits per heavy atom. The molecule has 0 aliphatic carbocycles. The molecular formula is B2F8Fe. The van der Waals surface area contributed by atoms with Crippen LogP contribution in [0, 0.1) is 0 Å². The van der Waals surface area contributed by atoms with Gasteiger partial charge in [0.1, 0.15) is 0 Å². The minimum Gasteiger partial charge on any atom is -0.418 e. The summed E-state index contributed by atoms with van der Waals surface area (Å²) >= 11 is 0. The van der Waals surface area contributed by atoms with Gasteiger partial charge in [0.15, 0.2) is 0 Å². The van der Waals surface area contributed by atoms with Crippen LogP contribution in [0.3, 0.4) is 0 Å². The molecule has 0 saturated carbocycles. The van der Waals surface area contributed by atoms with E-state index in [1.165, 1.54) is 0 Å². The van der Waals surface area contributed by atoms with Crippen molar-refractivity contribution in [2.75, 3.05) is 0 Å². The minimum absolute atomic E-state index is 0. The van der Waals surface area contributed by atoms with Crippen molar-refractivity contribution >= 4 is 14.5 Å². The van der Waals surface area contributed by atoms with Crippen molar-refractivity contribution in [1.29, 1.82) is 0 Å². The van der Waals surface area contributed by atoms with Crippen LogP contribution < -0.4 is 0 Å². The second-order valence-electron chi connectivity index (χ2n) is 0.990. The molecule has 11 heteroatoms. The summed E-state index contributed by atoms with van der Waals surface area (Å²) in [6.45, 7) is 0. The molecule has 0 bridgehead atoms. The van der Waals surface area contributed by atoms with Gasteiger partial charge in [0, 0.05) is 0 Å². The van der Waals surface area contributed by atoms with Crippen LogP contribution in [0.5, 0.6) is 0 Å². The predicted molar refractivity (Wildman–Crippen MR) is 20.4 cm³/mol. The Labute approximate surface area is 67.0 Å². The molecule has 0 rings (SSSR count). The van der Waals surface area contributed by atoms with Crippen LogP contribution in [0.2, 0.25) is 0 Å². The monoisotopic (exact) mass is 230 g/mol. The van der Waals surface area contributed by atoms with Gasteiger partial charge in [-0.15, -0.1) is 0 Å². The van der Waals surface area contributed by atoms with Gasteiger partial charge in [0.2, 0.25) is 0 Å². The smallest absolute Gasteiger partial charge is 0.418 e. The SMILES string of the molecule is F[B-](F)(F)F.F[B-](F)(F)F.[Fe+2]. The fourth-order valence-corrected chi connectivity index (χ4v) is 0. The van der Waals surface area contributed by atoms with Crippen molar-refractivity contribution in [1.82, 2.24) is 0 Å². The molecule has 0 N–H and O–H groups in total. The van der Waals surface area contributed by atoms with Crippen molar-refractivity contribution in [2.24, 2.45) is 0 Å². The average Bonchev–Trinajstić information content (AvgIpc) is 1.12. The summed E-state index contributed by atoms with van der Waals surface area (Å²) in [6.07, 6.45) is 0. The minimum atomic E-state index is -6.00. The maximum absolute atomic E-state index is 9.75. The normalized spacial score (nSPS) is 10.9. The van der Waals surface area contributed by atoms with Gasteiger partial charge in [-0.3, -0.25) is 0 Å². The van der Waals surface area contributed by atoms with Crippen molar-refractivity contribution in [3.8, 4) is 0 Å². The molecule has 0 spiro atoms. The van der Waals surface area contributed by atoms with Gasteiger partial charge in [-0.2, -0.15) is 0 Å². The first-order chi connectivity index (χ1) is 4.00. The molecule has 0 heterocycles. The Kier molecular flexibility index (Phi) is 8.94. The van der Waals surface area contributed by atoms with Crippen LogP contribution in [-0.2, 0) is 17.1 Å². The quantitative estimate of drug-likeness (QED) is 0.442. The standard InChI is InChI=1S/2BF4.Fe/c2*2-1(3,4)5;/q2*-1;+2. The van der Waals surface area contributed by atoms with Gasteiger partial charge >= 0.3 is 31.6 Å². The maximum atomic E-state index is 9.75. The van der Waals surface area contributed by atoms with Crippen LogP contribution in [0.1, 0.15) is 0 Å². The van der Waals surface area contributed by atoms with Gasteiger partial charge in [0.25, 0.3) is 0 Å². The molecule has 0 nitrogen and oxygen atoms in total. The zero-order chi connectivity index (χ0) is 9.00. The van der Waals surface area contributed by atoms with Crippen molar-refractivity contribution < 1.29 is 51.6 Å². The average molecular weight is 229 g/mol. The predicted octanol–water partition coefficient (Wildman–Crippen LogP) is 2.60. The molecule has 0 unspecified atom stereocenters. The summed E-state index contributed by atoms with van der Waals surface area (Å²) in [7, 11) is -12.0. The summed E-state index contributed by atoms with van der Waals surface area (Å²) < 4.78 is 78.0. The summed E-state index contributed by atoms with van der Waals surface area (Å²) in [5, 5.41) is 0. The molecule has 0 aromatic carbocycles. The summed E-state index contributed by atoms with van der Waals surface area (Å²) in [5.41, 5.74) is 0. The Morgan fingerprint density at radius 3 is 0.455 bits per heavy atom. The molecule has 0 aromatic rings. The summed E-state index contributed by atoms with van der Waals surface area (Å²) in [6, 6.07) is 0. The van der Waals surface area contributed by atoms with E-state index >= 15 is 0 Å². The number of hydrogen-bond acceptors (Lipinski definition) is 0. The zero-order valence-electron chi connectivity index (χ0n) is 4.53. The van der Waals surface area contributed by atoms with E-state index in [4.69, 9.17) is 0 Å². The molecule has 0 fully saturated rings. The first kappa shape index (κ1) is 17.3. The van der Waals surface area contributed by atoms with Gasteiger partial charge in [0.05, 0.1) is 0 Å². The Hall–Kier alpha value is 0.0894. The first-order valence-electron chi connectivity index (χ1n) is 1.75. The first-order valence-corrected chi connectivity index (χ1v) is 1.75. The van der Waals surface area contributed by atoms with E-state index in [0.29, 0.717) is 0 Å². The van der Waals surface area contributed by atoms with E-state index in [9.17, 15) is 34.5 Å². The van der Waals surface area contributed by atoms with Crippen molar-refractivity contribution in [2.45, 2.75) is 0 Å². The van der Waals surface area contributed by atoms with Gasteiger partial charge in [-0.25, -0.2) is 0 Å². The van der Waals surface area contributed by atoms with Crippen LogP contribution in [0.4, 0.5) is 34.5 Å².